The average Bonchev–Trinajstić information content (AvgIpc) is 2.43. The molecule has 18 heavy (non-hydrogen) atoms. The zero-order chi connectivity index (χ0) is 13.9. The van der Waals surface area contributed by atoms with Crippen LogP contribution in [0.1, 0.15) is 27.2 Å². The van der Waals surface area contributed by atoms with E-state index in [0.29, 0.717) is 0 Å². The maximum absolute atomic E-state index is 11.1. The Morgan fingerprint density at radius 3 is 2.00 bits per heavy atom. The molecule has 0 aliphatic carbocycles. The van der Waals surface area contributed by atoms with Gasteiger partial charge in [0.1, 0.15) is 11.9 Å². The van der Waals surface area contributed by atoms with E-state index >= 15 is 0 Å². The smallest absolute Gasteiger partial charge is 0.303 e. The molecule has 1 rings (SSSR count). The summed E-state index contributed by atoms with van der Waals surface area (Å²) < 4.78 is 15.6. The van der Waals surface area contributed by atoms with Crippen LogP contribution in [-0.4, -0.2) is 41.0 Å². The Bertz CT molecular complexity index is 355. The molecular weight excluding hydrogens is 308 g/mol. The lowest BCUT2D eigenvalue weighted by molar-refractivity contribution is -0.163. The fourth-order valence-electron chi connectivity index (χ4n) is 1.78. The van der Waals surface area contributed by atoms with Crippen molar-refractivity contribution in [2.45, 2.75) is 50.5 Å². The van der Waals surface area contributed by atoms with Gasteiger partial charge in [0.25, 0.3) is 0 Å². The Morgan fingerprint density at radius 1 is 1.06 bits per heavy atom. The van der Waals surface area contributed by atoms with Crippen LogP contribution in [0.4, 0.5) is 0 Å². The predicted octanol–water partition coefficient (Wildman–Crippen LogP) is 0.949. The molecule has 7 heteroatoms. The van der Waals surface area contributed by atoms with Gasteiger partial charge >= 0.3 is 11.9 Å². The molecule has 102 valence electrons. The summed E-state index contributed by atoms with van der Waals surface area (Å²) in [4.78, 5) is 33.2. The summed E-state index contributed by atoms with van der Waals surface area (Å²) in [6.07, 6.45) is -2.05. The Labute approximate surface area is 113 Å². The van der Waals surface area contributed by atoms with Gasteiger partial charge in [-0.05, 0) is 6.92 Å². The molecule has 1 saturated heterocycles. The van der Waals surface area contributed by atoms with Crippen LogP contribution in [0.2, 0.25) is 0 Å². The van der Waals surface area contributed by atoms with Crippen molar-refractivity contribution < 1.29 is 28.6 Å². The van der Waals surface area contributed by atoms with Crippen molar-refractivity contribution in [3.63, 3.8) is 0 Å². The second kappa shape index (κ2) is 6.29. The van der Waals surface area contributed by atoms with Crippen molar-refractivity contribution in [1.82, 2.24) is 0 Å². The molecule has 1 fully saturated rings. The first kappa shape index (κ1) is 15.1. The molecule has 0 aromatic heterocycles. The Balaban J connectivity index is 2.83. The van der Waals surface area contributed by atoms with Gasteiger partial charge in [-0.3, -0.25) is 14.4 Å². The standard InChI is InChI=1S/C11H15BrO6/c1-5(13)4-8-9(16-6(2)14)10(11(12)18-8)17-7(3)15/h8-11H,4H2,1-3H3/t8-,9-,10-,11-/m1/s1. The summed E-state index contributed by atoms with van der Waals surface area (Å²) in [6, 6.07) is 0. The number of hydrogen-bond acceptors (Lipinski definition) is 6. The van der Waals surface area contributed by atoms with E-state index in [1.807, 2.05) is 0 Å². The van der Waals surface area contributed by atoms with E-state index in [2.05, 4.69) is 15.9 Å². The third-order valence-electron chi connectivity index (χ3n) is 2.35. The van der Waals surface area contributed by atoms with E-state index in [9.17, 15) is 14.4 Å². The Hall–Kier alpha value is -0.950. The average molecular weight is 323 g/mol. The molecule has 0 saturated carbocycles. The normalized spacial score (nSPS) is 30.9. The highest BCUT2D eigenvalue weighted by molar-refractivity contribution is 9.09. The van der Waals surface area contributed by atoms with Crippen LogP contribution in [0.5, 0.6) is 0 Å². The molecule has 0 N–H and O–H groups in total. The lowest BCUT2D eigenvalue weighted by Crippen LogP contribution is -2.39. The van der Waals surface area contributed by atoms with E-state index in [1.54, 1.807) is 0 Å². The van der Waals surface area contributed by atoms with Crippen molar-refractivity contribution in [2.75, 3.05) is 0 Å². The first-order valence-corrected chi connectivity index (χ1v) is 6.36. The maximum atomic E-state index is 11.1. The number of carbonyl (C=O) groups is 3. The quantitative estimate of drug-likeness (QED) is 0.566. The van der Waals surface area contributed by atoms with Gasteiger partial charge in [-0.15, -0.1) is 0 Å². The number of Topliss-reactive ketones (excluding diaryl/α,β-unsaturated/α-hetero) is 1. The van der Waals surface area contributed by atoms with Crippen LogP contribution < -0.4 is 0 Å². The van der Waals surface area contributed by atoms with Gasteiger partial charge in [0.2, 0.25) is 0 Å². The highest BCUT2D eigenvalue weighted by Gasteiger charge is 2.48. The zero-order valence-electron chi connectivity index (χ0n) is 10.3. The molecule has 1 aliphatic rings. The van der Waals surface area contributed by atoms with Gasteiger partial charge in [0.05, 0.1) is 0 Å². The van der Waals surface area contributed by atoms with Crippen LogP contribution in [0.3, 0.4) is 0 Å². The predicted molar refractivity (Wildman–Crippen MR) is 64.0 cm³/mol. The summed E-state index contributed by atoms with van der Waals surface area (Å²) >= 11 is 3.19. The molecule has 4 atom stereocenters. The molecule has 1 heterocycles. The van der Waals surface area contributed by atoms with Crippen molar-refractivity contribution in [3.8, 4) is 0 Å². The number of esters is 2. The molecular formula is C11H15BrO6. The number of halogens is 1. The van der Waals surface area contributed by atoms with E-state index in [4.69, 9.17) is 14.2 Å². The van der Waals surface area contributed by atoms with Gasteiger partial charge in [-0.1, -0.05) is 15.9 Å². The van der Waals surface area contributed by atoms with E-state index in [-0.39, 0.29) is 12.2 Å². The fraction of sp³-hybridized carbons (Fsp3) is 0.727. The second-order valence-corrected chi connectivity index (χ2v) is 4.98. The van der Waals surface area contributed by atoms with Gasteiger partial charge < -0.3 is 14.2 Å². The first-order chi connectivity index (χ1) is 8.31. The number of ether oxygens (including phenoxy) is 3. The molecule has 0 spiro atoms. The van der Waals surface area contributed by atoms with Gasteiger partial charge in [-0.25, -0.2) is 0 Å². The Kier molecular flexibility index (Phi) is 5.28. The highest BCUT2D eigenvalue weighted by Crippen LogP contribution is 2.32. The molecule has 0 bridgehead atoms. The molecule has 0 aromatic rings. The Morgan fingerprint density at radius 2 is 1.56 bits per heavy atom. The molecule has 6 nitrogen and oxygen atoms in total. The highest BCUT2D eigenvalue weighted by atomic mass is 79.9. The summed E-state index contributed by atoms with van der Waals surface area (Å²) in [6.45, 7) is 3.91. The zero-order valence-corrected chi connectivity index (χ0v) is 11.9. The first-order valence-electron chi connectivity index (χ1n) is 5.44. The van der Waals surface area contributed by atoms with Crippen LogP contribution >= 0.6 is 15.9 Å². The van der Waals surface area contributed by atoms with Crippen molar-refractivity contribution in [2.24, 2.45) is 0 Å². The number of alkyl halides is 1. The monoisotopic (exact) mass is 322 g/mol. The van der Waals surface area contributed by atoms with E-state index in [0.717, 1.165) is 0 Å². The van der Waals surface area contributed by atoms with Crippen molar-refractivity contribution in [3.05, 3.63) is 0 Å². The second-order valence-electron chi connectivity index (χ2n) is 4.08. The van der Waals surface area contributed by atoms with Gasteiger partial charge in [0, 0.05) is 20.3 Å². The molecule has 0 unspecified atom stereocenters. The number of ketones is 1. The molecule has 0 aromatic carbocycles. The number of rotatable bonds is 4. The lowest BCUT2D eigenvalue weighted by atomic mass is 10.1. The van der Waals surface area contributed by atoms with Crippen molar-refractivity contribution >= 4 is 33.7 Å². The topological polar surface area (TPSA) is 78.9 Å². The molecule has 0 amide bonds. The fourth-order valence-corrected chi connectivity index (χ4v) is 2.46. The number of hydrogen-bond donors (Lipinski definition) is 0. The van der Waals surface area contributed by atoms with E-state index < -0.39 is 35.3 Å². The van der Waals surface area contributed by atoms with Gasteiger partial charge in [-0.2, -0.15) is 0 Å². The molecule has 0 radical (unpaired) electrons. The van der Waals surface area contributed by atoms with E-state index in [1.165, 1.54) is 20.8 Å². The minimum Gasteiger partial charge on any atom is -0.456 e. The maximum Gasteiger partial charge on any atom is 0.303 e. The van der Waals surface area contributed by atoms with Crippen molar-refractivity contribution in [1.29, 1.82) is 0 Å². The SMILES string of the molecule is CC(=O)C[C@H]1O[C@@H](Br)[C@H](OC(C)=O)[C@@H]1OC(C)=O. The summed E-state index contributed by atoms with van der Waals surface area (Å²) in [5.74, 6) is -1.12. The minimum absolute atomic E-state index is 0.0951. The van der Waals surface area contributed by atoms with Crippen LogP contribution in [-0.2, 0) is 28.6 Å². The molecule has 1 aliphatic heterocycles. The lowest BCUT2D eigenvalue weighted by Gasteiger charge is -2.21. The third kappa shape index (κ3) is 4.06. The summed E-state index contributed by atoms with van der Waals surface area (Å²) in [7, 11) is 0. The van der Waals surface area contributed by atoms with Crippen LogP contribution in [0.15, 0.2) is 0 Å². The number of carbonyl (C=O) groups excluding carboxylic acids is 3. The van der Waals surface area contributed by atoms with Gasteiger partial charge in [0.15, 0.2) is 17.2 Å². The van der Waals surface area contributed by atoms with Crippen LogP contribution in [0.25, 0.3) is 0 Å². The third-order valence-corrected chi connectivity index (χ3v) is 3.08. The summed E-state index contributed by atoms with van der Waals surface area (Å²) in [5, 5.41) is -0.602. The minimum atomic E-state index is -0.778. The largest absolute Gasteiger partial charge is 0.456 e. The van der Waals surface area contributed by atoms with Crippen LogP contribution in [0, 0.1) is 0 Å². The summed E-state index contributed by atoms with van der Waals surface area (Å²) in [5.41, 5.74) is 0.